The van der Waals surface area contributed by atoms with E-state index in [1.54, 1.807) is 24.5 Å². The van der Waals surface area contributed by atoms with E-state index in [2.05, 4.69) is 9.97 Å². The third kappa shape index (κ3) is 4.06. The van der Waals surface area contributed by atoms with Crippen LogP contribution in [0.5, 0.6) is 11.5 Å². The highest BCUT2D eigenvalue weighted by molar-refractivity contribution is 7.17. The van der Waals surface area contributed by atoms with Gasteiger partial charge in [-0.05, 0) is 18.2 Å². The van der Waals surface area contributed by atoms with Crippen molar-refractivity contribution < 1.29 is 27.4 Å². The van der Waals surface area contributed by atoms with Crippen LogP contribution >= 0.6 is 11.3 Å². The number of nitrogens with one attached hydrogen (secondary N) is 1. The Balaban J connectivity index is 1.71. The van der Waals surface area contributed by atoms with Crippen molar-refractivity contribution in [3.05, 3.63) is 64.8 Å². The van der Waals surface area contributed by atoms with Crippen LogP contribution in [0.15, 0.2) is 48.8 Å². The van der Waals surface area contributed by atoms with Crippen molar-refractivity contribution in [1.29, 1.82) is 0 Å². The van der Waals surface area contributed by atoms with Gasteiger partial charge in [-0.1, -0.05) is 18.2 Å². The number of nitrogens with zero attached hydrogens (tertiary/aromatic N) is 1. The number of H-pyrrole nitrogens is 1. The lowest BCUT2D eigenvalue weighted by molar-refractivity contribution is -0.138. The first-order valence-corrected chi connectivity index (χ1v) is 9.82. The molecular weight excluding hydrogens is 431 g/mol. The topological polar surface area (TPSA) is 90.2 Å². The second kappa shape index (κ2) is 7.95. The van der Waals surface area contributed by atoms with Crippen LogP contribution in [0.4, 0.5) is 13.2 Å². The second-order valence-corrected chi connectivity index (χ2v) is 7.64. The molecule has 2 heterocycles. The molecule has 2 aromatic heterocycles. The van der Waals surface area contributed by atoms with Gasteiger partial charge >= 0.3 is 6.18 Å². The van der Waals surface area contributed by atoms with Gasteiger partial charge in [0.05, 0.1) is 30.0 Å². The van der Waals surface area contributed by atoms with Crippen LogP contribution < -0.4 is 15.2 Å². The molecule has 3 N–H and O–H groups in total. The predicted molar refractivity (Wildman–Crippen MR) is 110 cm³/mol. The Bertz CT molecular complexity index is 1260. The fourth-order valence-corrected chi connectivity index (χ4v) is 4.16. The number of rotatable bonds is 6. The molecule has 0 fully saturated rings. The summed E-state index contributed by atoms with van der Waals surface area (Å²) in [7, 11) is 1.51. The number of aromatic nitrogens is 2. The standard InChI is InChI=1S/C21H16F3N3O3S/c1-29-16-7-15-14(26-10-27-15)6-12(16)18-8-17(19(31-18)20(25)28)30-9-11-4-2-3-5-13(11)21(22,23)24/h2-8,10H,9H2,1H3,(H2,25,28)(H,26,27). The Morgan fingerprint density at radius 3 is 2.68 bits per heavy atom. The minimum Gasteiger partial charge on any atom is -0.496 e. The van der Waals surface area contributed by atoms with Crippen LogP contribution in [0, 0.1) is 0 Å². The number of nitrogens with two attached hydrogens (primary N) is 1. The number of carbonyl (C=O) groups is 1. The zero-order valence-corrected chi connectivity index (χ0v) is 16.9. The van der Waals surface area contributed by atoms with Crippen LogP contribution in [0.1, 0.15) is 20.8 Å². The number of carbonyl (C=O) groups excluding carboxylic acids is 1. The molecule has 0 saturated heterocycles. The van der Waals surface area contributed by atoms with Gasteiger partial charge < -0.3 is 20.2 Å². The van der Waals surface area contributed by atoms with E-state index in [1.165, 1.54) is 25.3 Å². The molecule has 160 valence electrons. The lowest BCUT2D eigenvalue weighted by Crippen LogP contribution is -2.13. The van der Waals surface area contributed by atoms with Crippen molar-refractivity contribution in [1.82, 2.24) is 9.97 Å². The molecule has 10 heteroatoms. The number of alkyl halides is 3. The maximum absolute atomic E-state index is 13.2. The van der Waals surface area contributed by atoms with Crippen LogP contribution in [-0.2, 0) is 12.8 Å². The van der Waals surface area contributed by atoms with Crippen molar-refractivity contribution in [3.63, 3.8) is 0 Å². The van der Waals surface area contributed by atoms with E-state index in [0.717, 1.165) is 22.9 Å². The van der Waals surface area contributed by atoms with E-state index >= 15 is 0 Å². The first-order valence-electron chi connectivity index (χ1n) is 9.01. The SMILES string of the molecule is COc1cc2nc[nH]c2cc1-c1cc(OCc2ccccc2C(F)(F)F)c(C(N)=O)s1. The summed E-state index contributed by atoms with van der Waals surface area (Å²) in [6.07, 6.45) is -2.97. The lowest BCUT2D eigenvalue weighted by atomic mass is 10.1. The van der Waals surface area contributed by atoms with E-state index in [9.17, 15) is 18.0 Å². The monoisotopic (exact) mass is 447 g/mol. The molecule has 1 amide bonds. The highest BCUT2D eigenvalue weighted by Crippen LogP contribution is 2.42. The summed E-state index contributed by atoms with van der Waals surface area (Å²) >= 11 is 1.07. The van der Waals surface area contributed by atoms with Crippen molar-refractivity contribution >= 4 is 28.3 Å². The zero-order chi connectivity index (χ0) is 22.2. The molecule has 0 aliphatic rings. The molecule has 0 spiro atoms. The smallest absolute Gasteiger partial charge is 0.416 e. The molecule has 0 saturated carbocycles. The number of hydrogen-bond donors (Lipinski definition) is 2. The van der Waals surface area contributed by atoms with Gasteiger partial charge in [0.1, 0.15) is 23.0 Å². The van der Waals surface area contributed by atoms with Gasteiger partial charge in [0.15, 0.2) is 0 Å². The largest absolute Gasteiger partial charge is 0.496 e. The Labute approximate surface area is 178 Å². The normalized spacial score (nSPS) is 11.6. The first kappa shape index (κ1) is 20.7. The number of hydrogen-bond acceptors (Lipinski definition) is 5. The van der Waals surface area contributed by atoms with Gasteiger partial charge in [-0.3, -0.25) is 4.79 Å². The summed E-state index contributed by atoms with van der Waals surface area (Å²) in [6.45, 7) is -0.372. The van der Waals surface area contributed by atoms with Crippen molar-refractivity contribution in [2.75, 3.05) is 7.11 Å². The number of primary amides is 1. The van der Waals surface area contributed by atoms with Gasteiger partial charge in [-0.2, -0.15) is 13.2 Å². The van der Waals surface area contributed by atoms with Crippen LogP contribution in [0.2, 0.25) is 0 Å². The quantitative estimate of drug-likeness (QED) is 0.435. The van der Waals surface area contributed by atoms with E-state index in [4.69, 9.17) is 15.2 Å². The maximum atomic E-state index is 13.2. The average molecular weight is 447 g/mol. The summed E-state index contributed by atoms with van der Waals surface area (Å²) < 4.78 is 50.8. The van der Waals surface area contributed by atoms with Gasteiger partial charge in [0, 0.05) is 22.1 Å². The summed E-state index contributed by atoms with van der Waals surface area (Å²) in [4.78, 5) is 19.9. The number of fused-ring (bicyclic) bond motifs is 1. The van der Waals surface area contributed by atoms with Gasteiger partial charge in [-0.15, -0.1) is 11.3 Å². The number of thiophene rings is 1. The highest BCUT2D eigenvalue weighted by Gasteiger charge is 2.33. The van der Waals surface area contributed by atoms with Gasteiger partial charge in [0.25, 0.3) is 5.91 Å². The minimum atomic E-state index is -4.51. The lowest BCUT2D eigenvalue weighted by Gasteiger charge is -2.13. The summed E-state index contributed by atoms with van der Waals surface area (Å²) in [6, 6.07) is 10.2. The third-order valence-corrected chi connectivity index (χ3v) is 5.80. The predicted octanol–water partition coefficient (Wildman–Crippen LogP) is 5.00. The van der Waals surface area contributed by atoms with Gasteiger partial charge in [-0.25, -0.2) is 4.98 Å². The molecule has 0 aliphatic heterocycles. The van der Waals surface area contributed by atoms with Crippen molar-refractivity contribution in [2.24, 2.45) is 5.73 Å². The Kier molecular flexibility index (Phi) is 5.32. The molecule has 0 bridgehead atoms. The van der Waals surface area contributed by atoms with E-state index in [0.29, 0.717) is 21.7 Å². The van der Waals surface area contributed by atoms with Crippen molar-refractivity contribution in [3.8, 4) is 21.9 Å². The average Bonchev–Trinajstić information content (AvgIpc) is 3.37. The minimum absolute atomic E-state index is 0.0466. The van der Waals surface area contributed by atoms with Crippen molar-refractivity contribution in [2.45, 2.75) is 12.8 Å². The Morgan fingerprint density at radius 2 is 1.97 bits per heavy atom. The number of aromatic amines is 1. The number of amides is 1. The first-order chi connectivity index (χ1) is 14.8. The van der Waals surface area contributed by atoms with Gasteiger partial charge in [0.2, 0.25) is 0 Å². The number of ether oxygens (including phenoxy) is 2. The molecule has 2 aromatic carbocycles. The second-order valence-electron chi connectivity index (χ2n) is 6.58. The van der Waals surface area contributed by atoms with E-state index in [-0.39, 0.29) is 22.8 Å². The third-order valence-electron chi connectivity index (χ3n) is 4.63. The fraction of sp³-hybridized carbons (Fsp3) is 0.143. The molecule has 31 heavy (non-hydrogen) atoms. The molecule has 0 aliphatic carbocycles. The number of benzene rings is 2. The van der Waals surface area contributed by atoms with Crippen LogP contribution in [0.25, 0.3) is 21.5 Å². The number of methoxy groups -OCH3 is 1. The zero-order valence-electron chi connectivity index (χ0n) is 16.1. The summed E-state index contributed by atoms with van der Waals surface area (Å²) in [5, 5.41) is 0. The molecule has 0 atom stereocenters. The molecule has 4 aromatic rings. The molecular formula is C21H16F3N3O3S. The highest BCUT2D eigenvalue weighted by atomic mass is 32.1. The van der Waals surface area contributed by atoms with Crippen LogP contribution in [-0.4, -0.2) is 23.0 Å². The molecule has 0 unspecified atom stereocenters. The van der Waals surface area contributed by atoms with E-state index in [1.807, 2.05) is 0 Å². The Hall–Kier alpha value is -3.53. The summed E-state index contributed by atoms with van der Waals surface area (Å²) in [5.41, 5.74) is 6.76. The molecule has 6 nitrogen and oxygen atoms in total. The molecule has 0 radical (unpaired) electrons. The van der Waals surface area contributed by atoms with E-state index < -0.39 is 17.6 Å². The fourth-order valence-electron chi connectivity index (χ4n) is 3.19. The number of halogens is 3. The van der Waals surface area contributed by atoms with Crippen LogP contribution in [0.3, 0.4) is 0 Å². The Morgan fingerprint density at radius 1 is 1.19 bits per heavy atom. The summed E-state index contributed by atoms with van der Waals surface area (Å²) in [5.74, 6) is -0.112. The maximum Gasteiger partial charge on any atom is 0.416 e. The number of imidazole rings is 1. The molecule has 4 rings (SSSR count).